The van der Waals surface area contributed by atoms with Crippen molar-refractivity contribution in [3.8, 4) is 6.07 Å². The summed E-state index contributed by atoms with van der Waals surface area (Å²) in [6.45, 7) is 1.96. The van der Waals surface area contributed by atoms with E-state index in [2.05, 4.69) is 11.4 Å². The minimum absolute atomic E-state index is 0.0904. The van der Waals surface area contributed by atoms with Gasteiger partial charge in [0.15, 0.2) is 5.78 Å². The van der Waals surface area contributed by atoms with Crippen LogP contribution in [0.4, 0.5) is 0 Å². The predicted molar refractivity (Wildman–Crippen MR) is 72.9 cm³/mol. The number of nitrogens with one attached hydrogen (secondary N) is 1. The van der Waals surface area contributed by atoms with Crippen molar-refractivity contribution in [1.82, 2.24) is 5.32 Å². The van der Waals surface area contributed by atoms with Crippen LogP contribution in [0.3, 0.4) is 0 Å². The first-order chi connectivity index (χ1) is 9.17. The topological polar surface area (TPSA) is 52.9 Å². The number of Topliss-reactive ketones (excluding diaryl/α,β-unsaturated/α-hetero) is 1. The van der Waals surface area contributed by atoms with Crippen LogP contribution >= 0.6 is 0 Å². The first kappa shape index (κ1) is 12.4. The standard InChI is InChI=1S/C16H18N2O/c1-10-2-3-11(9-17)15(6-10)16(19)12-7-13-4-5-14(8-12)18-13/h2-3,6,12-14,18H,4-5,7-8H2,1H3. The number of hydrogen-bond acceptors (Lipinski definition) is 3. The van der Waals surface area contributed by atoms with Crippen LogP contribution in [0, 0.1) is 24.2 Å². The van der Waals surface area contributed by atoms with E-state index in [1.54, 1.807) is 6.07 Å². The number of carbonyl (C=O) groups is 1. The molecule has 2 bridgehead atoms. The number of fused-ring (bicyclic) bond motifs is 2. The molecule has 0 saturated carbocycles. The Hall–Kier alpha value is -1.66. The normalized spacial score (nSPS) is 28.9. The van der Waals surface area contributed by atoms with Gasteiger partial charge in [0, 0.05) is 23.6 Å². The average molecular weight is 254 g/mol. The molecule has 0 aliphatic carbocycles. The van der Waals surface area contributed by atoms with E-state index in [0.29, 0.717) is 23.2 Å². The molecule has 2 aliphatic heterocycles. The summed E-state index contributed by atoms with van der Waals surface area (Å²) in [5.74, 6) is 0.256. The number of ketones is 1. The molecule has 1 aromatic carbocycles. The van der Waals surface area contributed by atoms with E-state index < -0.39 is 0 Å². The Morgan fingerprint density at radius 3 is 2.63 bits per heavy atom. The fraction of sp³-hybridized carbons (Fsp3) is 0.500. The Morgan fingerprint density at radius 1 is 1.32 bits per heavy atom. The molecule has 19 heavy (non-hydrogen) atoms. The van der Waals surface area contributed by atoms with Gasteiger partial charge in [-0.25, -0.2) is 0 Å². The van der Waals surface area contributed by atoms with Gasteiger partial charge in [0.05, 0.1) is 11.6 Å². The minimum Gasteiger partial charge on any atom is -0.311 e. The molecular formula is C16H18N2O. The van der Waals surface area contributed by atoms with Gasteiger partial charge >= 0.3 is 0 Å². The molecule has 0 aromatic heterocycles. The number of aryl methyl sites for hydroxylation is 1. The van der Waals surface area contributed by atoms with Gasteiger partial charge in [-0.2, -0.15) is 5.26 Å². The van der Waals surface area contributed by atoms with Crippen molar-refractivity contribution < 1.29 is 4.79 Å². The lowest BCUT2D eigenvalue weighted by molar-refractivity contribution is 0.0875. The van der Waals surface area contributed by atoms with Crippen LogP contribution in [0.25, 0.3) is 0 Å². The van der Waals surface area contributed by atoms with E-state index >= 15 is 0 Å². The summed E-state index contributed by atoms with van der Waals surface area (Å²) in [5, 5.41) is 12.7. The van der Waals surface area contributed by atoms with Crippen molar-refractivity contribution in [3.05, 3.63) is 34.9 Å². The third-order valence-electron chi connectivity index (χ3n) is 4.40. The van der Waals surface area contributed by atoms with Crippen LogP contribution < -0.4 is 5.32 Å². The van der Waals surface area contributed by atoms with Gasteiger partial charge in [-0.05, 0) is 44.7 Å². The molecular weight excluding hydrogens is 236 g/mol. The van der Waals surface area contributed by atoms with Gasteiger partial charge in [0.2, 0.25) is 0 Å². The fourth-order valence-corrected chi connectivity index (χ4v) is 3.45. The average Bonchev–Trinajstić information content (AvgIpc) is 2.76. The van der Waals surface area contributed by atoms with Crippen LogP contribution in [-0.2, 0) is 0 Å². The molecule has 0 spiro atoms. The van der Waals surface area contributed by atoms with Crippen LogP contribution in [-0.4, -0.2) is 17.9 Å². The van der Waals surface area contributed by atoms with Crippen molar-refractivity contribution in [2.75, 3.05) is 0 Å². The zero-order valence-corrected chi connectivity index (χ0v) is 11.1. The zero-order valence-electron chi connectivity index (χ0n) is 11.1. The number of benzene rings is 1. The highest BCUT2D eigenvalue weighted by atomic mass is 16.1. The highest BCUT2D eigenvalue weighted by Crippen LogP contribution is 2.33. The van der Waals surface area contributed by atoms with Crippen LogP contribution in [0.5, 0.6) is 0 Å². The van der Waals surface area contributed by atoms with E-state index in [0.717, 1.165) is 18.4 Å². The second-order valence-corrected chi connectivity index (χ2v) is 5.83. The highest BCUT2D eigenvalue weighted by molar-refractivity contribution is 6.00. The maximum Gasteiger partial charge on any atom is 0.167 e. The summed E-state index contributed by atoms with van der Waals surface area (Å²) < 4.78 is 0. The third kappa shape index (κ3) is 2.29. The van der Waals surface area contributed by atoms with Crippen molar-refractivity contribution in [1.29, 1.82) is 5.26 Å². The molecule has 3 heteroatoms. The van der Waals surface area contributed by atoms with E-state index in [1.807, 2.05) is 19.1 Å². The van der Waals surface area contributed by atoms with Gasteiger partial charge in [-0.15, -0.1) is 0 Å². The lowest BCUT2D eigenvalue weighted by atomic mass is 9.84. The van der Waals surface area contributed by atoms with E-state index in [4.69, 9.17) is 5.26 Å². The summed E-state index contributed by atoms with van der Waals surface area (Å²) in [7, 11) is 0. The van der Waals surface area contributed by atoms with Gasteiger partial charge < -0.3 is 5.32 Å². The number of nitriles is 1. The van der Waals surface area contributed by atoms with E-state index in [-0.39, 0.29) is 11.7 Å². The molecule has 2 atom stereocenters. The van der Waals surface area contributed by atoms with Gasteiger partial charge in [0.1, 0.15) is 0 Å². The number of nitrogens with zero attached hydrogens (tertiary/aromatic N) is 1. The molecule has 3 nitrogen and oxygen atoms in total. The predicted octanol–water partition coefficient (Wildman–Crippen LogP) is 2.58. The van der Waals surface area contributed by atoms with Crippen LogP contribution in [0.2, 0.25) is 0 Å². The third-order valence-corrected chi connectivity index (χ3v) is 4.40. The second-order valence-electron chi connectivity index (χ2n) is 5.83. The van der Waals surface area contributed by atoms with E-state index in [9.17, 15) is 4.79 Å². The number of hydrogen-bond donors (Lipinski definition) is 1. The summed E-state index contributed by atoms with van der Waals surface area (Å²) in [5.41, 5.74) is 2.18. The van der Waals surface area contributed by atoms with Gasteiger partial charge in [-0.3, -0.25) is 4.79 Å². The lowest BCUT2D eigenvalue weighted by Gasteiger charge is -2.28. The molecule has 98 valence electrons. The molecule has 1 aromatic rings. The molecule has 2 aliphatic rings. The first-order valence-corrected chi connectivity index (χ1v) is 6.98. The SMILES string of the molecule is Cc1ccc(C#N)c(C(=O)C2CC3CCC(C2)N3)c1. The van der Waals surface area contributed by atoms with Gasteiger partial charge in [0.25, 0.3) is 0 Å². The highest BCUT2D eigenvalue weighted by Gasteiger charge is 2.37. The minimum atomic E-state index is 0.0904. The van der Waals surface area contributed by atoms with E-state index in [1.165, 1.54) is 12.8 Å². The smallest absolute Gasteiger partial charge is 0.167 e. The Bertz CT molecular complexity index is 546. The number of piperidine rings is 1. The zero-order chi connectivity index (χ0) is 13.4. The second kappa shape index (κ2) is 4.79. The first-order valence-electron chi connectivity index (χ1n) is 6.98. The summed E-state index contributed by atoms with van der Waals surface area (Å²) in [6, 6.07) is 8.67. The largest absolute Gasteiger partial charge is 0.311 e. The number of carbonyl (C=O) groups excluding carboxylic acids is 1. The molecule has 0 amide bonds. The van der Waals surface area contributed by atoms with Crippen molar-refractivity contribution >= 4 is 5.78 Å². The summed E-state index contributed by atoms with van der Waals surface area (Å²) >= 11 is 0. The monoisotopic (exact) mass is 254 g/mol. The molecule has 1 N–H and O–H groups in total. The number of rotatable bonds is 2. The Labute approximate surface area is 113 Å². The Balaban J connectivity index is 1.88. The molecule has 2 fully saturated rings. The summed E-state index contributed by atoms with van der Waals surface area (Å²) in [4.78, 5) is 12.7. The van der Waals surface area contributed by atoms with Gasteiger partial charge in [-0.1, -0.05) is 11.6 Å². The Kier molecular flexibility index (Phi) is 3.12. The molecule has 2 heterocycles. The quantitative estimate of drug-likeness (QED) is 0.825. The maximum absolute atomic E-state index is 12.7. The van der Waals surface area contributed by atoms with Crippen LogP contribution in [0.1, 0.15) is 47.2 Å². The summed E-state index contributed by atoms with van der Waals surface area (Å²) in [6.07, 6.45) is 4.23. The molecule has 0 radical (unpaired) electrons. The molecule has 3 rings (SSSR count). The lowest BCUT2D eigenvalue weighted by Crippen LogP contribution is -2.40. The van der Waals surface area contributed by atoms with Crippen molar-refractivity contribution in [3.63, 3.8) is 0 Å². The molecule has 2 unspecified atom stereocenters. The fourth-order valence-electron chi connectivity index (χ4n) is 3.45. The van der Waals surface area contributed by atoms with Crippen molar-refractivity contribution in [2.24, 2.45) is 5.92 Å². The molecule has 2 saturated heterocycles. The maximum atomic E-state index is 12.7. The van der Waals surface area contributed by atoms with Crippen molar-refractivity contribution in [2.45, 2.75) is 44.7 Å². The Morgan fingerprint density at radius 2 is 2.00 bits per heavy atom. The van der Waals surface area contributed by atoms with Crippen LogP contribution in [0.15, 0.2) is 18.2 Å².